The molecule has 28 heavy (non-hydrogen) atoms. The molecular weight excluding hydrogens is 360 g/mol. The van der Waals surface area contributed by atoms with Crippen LogP contribution < -0.4 is 24.8 Å². The van der Waals surface area contributed by atoms with Gasteiger partial charge in [0.15, 0.2) is 11.5 Å². The smallest absolute Gasteiger partial charge is 0.255 e. The molecule has 2 rings (SSSR count). The summed E-state index contributed by atoms with van der Waals surface area (Å²) in [5.41, 5.74) is 1.63. The quantitative estimate of drug-likeness (QED) is 0.678. The van der Waals surface area contributed by atoms with Gasteiger partial charge in [0.1, 0.15) is 0 Å². The summed E-state index contributed by atoms with van der Waals surface area (Å²) < 4.78 is 15.9. The zero-order valence-electron chi connectivity index (χ0n) is 16.6. The molecule has 0 aromatic heterocycles. The summed E-state index contributed by atoms with van der Waals surface area (Å²) in [5.74, 6) is 1.02. The first-order valence-corrected chi connectivity index (χ1v) is 9.03. The summed E-state index contributed by atoms with van der Waals surface area (Å²) in [4.78, 5) is 24.3. The standard InChI is InChI=1S/C21H26N2O5/c1-5-6-7-19(24)22-15-10-8-14(9-11-15)21(25)23-16-12-17(26-2)20(28-4)18(13-16)27-3/h8-13H,5-7H2,1-4H3,(H,22,24)(H,23,25). The maximum absolute atomic E-state index is 12.5. The van der Waals surface area contributed by atoms with Crippen LogP contribution in [0, 0.1) is 0 Å². The second-order valence-corrected chi connectivity index (χ2v) is 6.10. The van der Waals surface area contributed by atoms with Crippen molar-refractivity contribution in [1.82, 2.24) is 0 Å². The zero-order chi connectivity index (χ0) is 20.5. The van der Waals surface area contributed by atoms with Crippen LogP contribution in [0.15, 0.2) is 36.4 Å². The highest BCUT2D eigenvalue weighted by atomic mass is 16.5. The van der Waals surface area contributed by atoms with Crippen LogP contribution in [0.4, 0.5) is 11.4 Å². The highest BCUT2D eigenvalue weighted by molar-refractivity contribution is 6.05. The molecule has 7 nitrogen and oxygen atoms in total. The normalized spacial score (nSPS) is 10.1. The van der Waals surface area contributed by atoms with Crippen molar-refractivity contribution in [3.05, 3.63) is 42.0 Å². The van der Waals surface area contributed by atoms with Crippen LogP contribution in [-0.2, 0) is 4.79 Å². The molecule has 0 aliphatic rings. The summed E-state index contributed by atoms with van der Waals surface area (Å²) >= 11 is 0. The van der Waals surface area contributed by atoms with Gasteiger partial charge in [0.25, 0.3) is 5.91 Å². The Morgan fingerprint density at radius 2 is 1.46 bits per heavy atom. The molecule has 0 fully saturated rings. The van der Waals surface area contributed by atoms with Crippen LogP contribution in [0.25, 0.3) is 0 Å². The number of ether oxygens (including phenoxy) is 3. The number of unbranched alkanes of at least 4 members (excludes halogenated alkanes) is 1. The van der Waals surface area contributed by atoms with Crippen molar-refractivity contribution >= 4 is 23.2 Å². The summed E-state index contributed by atoms with van der Waals surface area (Å²) in [5, 5.41) is 5.62. The Balaban J connectivity index is 2.09. The van der Waals surface area contributed by atoms with E-state index in [4.69, 9.17) is 14.2 Å². The van der Waals surface area contributed by atoms with Crippen LogP contribution in [0.1, 0.15) is 36.5 Å². The number of rotatable bonds is 9. The molecule has 2 N–H and O–H groups in total. The number of nitrogens with one attached hydrogen (secondary N) is 2. The maximum atomic E-state index is 12.5. The van der Waals surface area contributed by atoms with Gasteiger partial charge in [0, 0.05) is 35.5 Å². The lowest BCUT2D eigenvalue weighted by Gasteiger charge is -2.14. The highest BCUT2D eigenvalue weighted by Gasteiger charge is 2.15. The van der Waals surface area contributed by atoms with E-state index in [2.05, 4.69) is 10.6 Å². The molecule has 150 valence electrons. The average molecular weight is 386 g/mol. The van der Waals surface area contributed by atoms with Gasteiger partial charge in [-0.1, -0.05) is 13.3 Å². The monoisotopic (exact) mass is 386 g/mol. The molecule has 2 aromatic rings. The van der Waals surface area contributed by atoms with Gasteiger partial charge < -0.3 is 24.8 Å². The number of carbonyl (C=O) groups is 2. The molecule has 0 aliphatic carbocycles. The number of amides is 2. The van der Waals surface area contributed by atoms with Gasteiger partial charge in [-0.25, -0.2) is 0 Å². The van der Waals surface area contributed by atoms with Gasteiger partial charge >= 0.3 is 0 Å². The first kappa shape index (κ1) is 21.1. The Bertz CT molecular complexity index is 793. The van der Waals surface area contributed by atoms with Crippen LogP contribution in [0.2, 0.25) is 0 Å². The number of benzene rings is 2. The van der Waals surface area contributed by atoms with Gasteiger partial charge in [-0.3, -0.25) is 9.59 Å². The summed E-state index contributed by atoms with van der Waals surface area (Å²) in [6.45, 7) is 2.04. The minimum atomic E-state index is -0.293. The molecule has 0 atom stereocenters. The largest absolute Gasteiger partial charge is 0.493 e. The molecule has 0 saturated carbocycles. The third-order valence-corrected chi connectivity index (χ3v) is 4.11. The first-order valence-electron chi connectivity index (χ1n) is 9.03. The molecule has 0 bridgehead atoms. The van der Waals surface area contributed by atoms with Crippen molar-refractivity contribution in [3.8, 4) is 17.2 Å². The Morgan fingerprint density at radius 3 is 1.96 bits per heavy atom. The minimum absolute atomic E-state index is 0.0310. The number of hydrogen-bond acceptors (Lipinski definition) is 5. The van der Waals surface area contributed by atoms with Gasteiger partial charge in [0.2, 0.25) is 11.7 Å². The predicted octanol–water partition coefficient (Wildman–Crippen LogP) is 4.09. The highest BCUT2D eigenvalue weighted by Crippen LogP contribution is 2.40. The molecular formula is C21H26N2O5. The van der Waals surface area contributed by atoms with E-state index in [0.29, 0.717) is 40.6 Å². The molecule has 2 amide bonds. The number of methoxy groups -OCH3 is 3. The Kier molecular flexibility index (Phi) is 7.68. The molecule has 0 spiro atoms. The SMILES string of the molecule is CCCCC(=O)Nc1ccc(C(=O)Nc2cc(OC)c(OC)c(OC)c2)cc1. The van der Waals surface area contributed by atoms with Gasteiger partial charge in [0.05, 0.1) is 21.3 Å². The molecule has 7 heteroatoms. The van der Waals surface area contributed by atoms with Gasteiger partial charge in [-0.05, 0) is 30.7 Å². The van der Waals surface area contributed by atoms with E-state index in [1.807, 2.05) is 6.92 Å². The summed E-state index contributed by atoms with van der Waals surface area (Å²) in [6, 6.07) is 10.0. The third kappa shape index (κ3) is 5.39. The van der Waals surface area contributed by atoms with E-state index in [0.717, 1.165) is 12.8 Å². The fourth-order valence-electron chi connectivity index (χ4n) is 2.62. The van der Waals surface area contributed by atoms with Crippen LogP contribution in [-0.4, -0.2) is 33.1 Å². The van der Waals surface area contributed by atoms with E-state index < -0.39 is 0 Å². The Morgan fingerprint density at radius 1 is 0.857 bits per heavy atom. The van der Waals surface area contributed by atoms with E-state index >= 15 is 0 Å². The lowest BCUT2D eigenvalue weighted by atomic mass is 10.1. The lowest BCUT2D eigenvalue weighted by molar-refractivity contribution is -0.116. The van der Waals surface area contributed by atoms with E-state index in [-0.39, 0.29) is 11.8 Å². The van der Waals surface area contributed by atoms with Crippen molar-refractivity contribution in [2.45, 2.75) is 26.2 Å². The minimum Gasteiger partial charge on any atom is -0.493 e. The molecule has 2 aromatic carbocycles. The molecule has 0 heterocycles. The van der Waals surface area contributed by atoms with Crippen molar-refractivity contribution in [3.63, 3.8) is 0 Å². The maximum Gasteiger partial charge on any atom is 0.255 e. The predicted molar refractivity (Wildman–Crippen MR) is 109 cm³/mol. The third-order valence-electron chi connectivity index (χ3n) is 4.11. The van der Waals surface area contributed by atoms with Gasteiger partial charge in [-0.2, -0.15) is 0 Å². The first-order chi connectivity index (χ1) is 13.5. The molecule has 0 radical (unpaired) electrons. The fraction of sp³-hybridized carbons (Fsp3) is 0.333. The van der Waals surface area contributed by atoms with Gasteiger partial charge in [-0.15, -0.1) is 0 Å². The van der Waals surface area contributed by atoms with Crippen LogP contribution >= 0.6 is 0 Å². The van der Waals surface area contributed by atoms with Crippen molar-refractivity contribution in [2.75, 3.05) is 32.0 Å². The second kappa shape index (κ2) is 10.2. The van der Waals surface area contributed by atoms with E-state index in [9.17, 15) is 9.59 Å². The molecule has 0 aliphatic heterocycles. The Labute approximate surface area is 165 Å². The van der Waals surface area contributed by atoms with E-state index in [1.165, 1.54) is 21.3 Å². The molecule has 0 saturated heterocycles. The Hall–Kier alpha value is -3.22. The van der Waals surface area contributed by atoms with Crippen molar-refractivity contribution in [2.24, 2.45) is 0 Å². The van der Waals surface area contributed by atoms with Crippen LogP contribution in [0.5, 0.6) is 17.2 Å². The molecule has 0 unspecified atom stereocenters. The topological polar surface area (TPSA) is 85.9 Å². The van der Waals surface area contributed by atoms with Crippen LogP contribution in [0.3, 0.4) is 0 Å². The average Bonchev–Trinajstić information content (AvgIpc) is 2.71. The lowest BCUT2D eigenvalue weighted by Crippen LogP contribution is -2.13. The summed E-state index contributed by atoms with van der Waals surface area (Å²) in [6.07, 6.45) is 2.30. The number of anilines is 2. The van der Waals surface area contributed by atoms with Crippen molar-refractivity contribution in [1.29, 1.82) is 0 Å². The zero-order valence-corrected chi connectivity index (χ0v) is 16.6. The van der Waals surface area contributed by atoms with Crippen molar-refractivity contribution < 1.29 is 23.8 Å². The number of hydrogen-bond donors (Lipinski definition) is 2. The fourth-order valence-corrected chi connectivity index (χ4v) is 2.62. The summed E-state index contributed by atoms with van der Waals surface area (Å²) in [7, 11) is 4.54. The van der Waals surface area contributed by atoms with E-state index in [1.54, 1.807) is 36.4 Å². The second-order valence-electron chi connectivity index (χ2n) is 6.10. The number of carbonyl (C=O) groups excluding carboxylic acids is 2.